The number of hydrogen-bond acceptors (Lipinski definition) is 3. The van der Waals surface area contributed by atoms with Crippen molar-refractivity contribution in [3.05, 3.63) is 11.6 Å². The molecule has 5 aliphatic rings. The minimum atomic E-state index is -0.766. The third-order valence-corrected chi connectivity index (χ3v) is 8.94. The first-order valence-corrected chi connectivity index (χ1v) is 10.3. The quantitative estimate of drug-likeness (QED) is 0.728. The van der Waals surface area contributed by atoms with Gasteiger partial charge in [0.25, 0.3) is 0 Å². The van der Waals surface area contributed by atoms with E-state index in [9.17, 15) is 15.0 Å². The van der Waals surface area contributed by atoms with Crippen molar-refractivity contribution in [2.45, 2.75) is 85.0 Å². The largest absolute Gasteiger partial charge is 0.481 e. The van der Waals surface area contributed by atoms with Crippen LogP contribution in [0.4, 0.5) is 0 Å². The lowest BCUT2D eigenvalue weighted by atomic mass is 9.38. The maximum absolute atomic E-state index is 11.4. The van der Waals surface area contributed by atoms with E-state index in [1.165, 1.54) is 5.57 Å². The van der Waals surface area contributed by atoms with E-state index < -0.39 is 5.97 Å². The molecule has 0 amide bonds. The highest BCUT2D eigenvalue weighted by Crippen LogP contribution is 2.70. The maximum Gasteiger partial charge on any atom is 0.306 e. The van der Waals surface area contributed by atoms with E-state index in [1.54, 1.807) is 0 Å². The van der Waals surface area contributed by atoms with Gasteiger partial charge in [0.1, 0.15) is 0 Å². The van der Waals surface area contributed by atoms with Gasteiger partial charge >= 0.3 is 5.97 Å². The number of aliphatic hydroxyl groups excluding tert-OH is 1. The van der Waals surface area contributed by atoms with Gasteiger partial charge in [-0.05, 0) is 54.8 Å². The van der Waals surface area contributed by atoms with E-state index in [-0.39, 0.29) is 46.9 Å². The number of rotatable bonds is 2. The first-order valence-electron chi connectivity index (χ1n) is 10.3. The summed E-state index contributed by atoms with van der Waals surface area (Å²) in [5.41, 5.74) is 1.46. The van der Waals surface area contributed by atoms with Crippen molar-refractivity contribution in [1.29, 1.82) is 0 Å². The molecular formula is C22H34O4. The van der Waals surface area contributed by atoms with Crippen LogP contribution in [0.5, 0.6) is 0 Å². The first kappa shape index (κ1) is 18.5. The fourth-order valence-electron chi connectivity index (χ4n) is 8.05. The summed E-state index contributed by atoms with van der Waals surface area (Å²) in [5, 5.41) is 20.0. The average Bonchev–Trinajstić information content (AvgIpc) is 2.49. The van der Waals surface area contributed by atoms with Gasteiger partial charge in [-0.25, -0.2) is 0 Å². The normalized spacial score (nSPS) is 52.0. The SMILES string of the molecule is CC1=C[C@@H]2OC(CC(=O)O)C1[C@@]1(C)CCC3C(C)(C)[C@@H](O)CC[C@@]3(C)C21. The van der Waals surface area contributed by atoms with Gasteiger partial charge in [-0.3, -0.25) is 4.79 Å². The van der Waals surface area contributed by atoms with Gasteiger partial charge in [-0.1, -0.05) is 39.3 Å². The van der Waals surface area contributed by atoms with Crippen molar-refractivity contribution in [3.63, 3.8) is 0 Å². The topological polar surface area (TPSA) is 66.8 Å². The number of carboxylic acid groups (broad SMARTS) is 1. The van der Waals surface area contributed by atoms with Crippen LogP contribution in [0, 0.1) is 34.0 Å². The van der Waals surface area contributed by atoms with Crippen LogP contribution in [0.25, 0.3) is 0 Å². The number of aliphatic carboxylic acids is 1. The van der Waals surface area contributed by atoms with Crippen molar-refractivity contribution >= 4 is 5.97 Å². The van der Waals surface area contributed by atoms with Crippen LogP contribution >= 0.6 is 0 Å². The Morgan fingerprint density at radius 3 is 2.50 bits per heavy atom. The van der Waals surface area contributed by atoms with Crippen LogP contribution in [0.1, 0.15) is 66.7 Å². The third kappa shape index (κ3) is 2.24. The van der Waals surface area contributed by atoms with Gasteiger partial charge in [-0.2, -0.15) is 0 Å². The minimum absolute atomic E-state index is 0.00759. The van der Waals surface area contributed by atoms with E-state index in [2.05, 4.69) is 40.7 Å². The number of fused-ring (bicyclic) bond motifs is 2. The highest BCUT2D eigenvalue weighted by Gasteiger charge is 2.67. The molecule has 2 saturated carbocycles. The predicted octanol–water partition coefficient (Wildman–Crippen LogP) is 4.02. The van der Waals surface area contributed by atoms with Gasteiger partial charge in [0.15, 0.2) is 0 Å². The Morgan fingerprint density at radius 2 is 1.85 bits per heavy atom. The van der Waals surface area contributed by atoms with Crippen molar-refractivity contribution in [2.24, 2.45) is 34.0 Å². The van der Waals surface area contributed by atoms with Crippen LogP contribution in [-0.4, -0.2) is 34.5 Å². The number of carbonyl (C=O) groups is 1. The third-order valence-electron chi connectivity index (χ3n) is 8.94. The molecule has 3 fully saturated rings. The smallest absolute Gasteiger partial charge is 0.306 e. The summed E-state index contributed by atoms with van der Waals surface area (Å²) >= 11 is 0. The predicted molar refractivity (Wildman–Crippen MR) is 99.6 cm³/mol. The van der Waals surface area contributed by atoms with Crippen LogP contribution < -0.4 is 0 Å². The van der Waals surface area contributed by atoms with Crippen LogP contribution in [-0.2, 0) is 9.53 Å². The molecule has 0 aromatic rings. The molecule has 2 bridgehead atoms. The fourth-order valence-corrected chi connectivity index (χ4v) is 8.05. The van der Waals surface area contributed by atoms with Crippen molar-refractivity contribution in [3.8, 4) is 0 Å². The second-order valence-electron chi connectivity index (χ2n) is 10.6. The zero-order valence-corrected chi connectivity index (χ0v) is 16.8. The number of aliphatic hydroxyl groups is 1. The van der Waals surface area contributed by atoms with E-state index >= 15 is 0 Å². The Kier molecular flexibility index (Phi) is 3.96. The second kappa shape index (κ2) is 5.57. The molecule has 8 atom stereocenters. The molecule has 0 spiro atoms. The molecule has 146 valence electrons. The van der Waals surface area contributed by atoms with Gasteiger partial charge < -0.3 is 14.9 Å². The molecule has 1 saturated heterocycles. The summed E-state index contributed by atoms with van der Waals surface area (Å²) in [7, 11) is 0. The Balaban J connectivity index is 1.76. The molecule has 4 unspecified atom stereocenters. The number of ether oxygens (including phenoxy) is 1. The highest BCUT2D eigenvalue weighted by molar-refractivity contribution is 5.67. The Morgan fingerprint density at radius 1 is 1.19 bits per heavy atom. The Bertz CT molecular complexity index is 653. The standard InChI is InChI=1S/C22H34O4/c1-12-10-14-19-21(4)9-7-16(23)20(2,3)15(21)6-8-22(19,5)18(12)13(26-14)11-17(24)25/h10,13-16,18-19,23H,6-9,11H2,1-5H3,(H,24,25)/t13?,14-,15?,16-,18?,19?,21+,22+/m0/s1. The monoisotopic (exact) mass is 362 g/mol. The summed E-state index contributed by atoms with van der Waals surface area (Å²) in [4.78, 5) is 11.4. The lowest BCUT2D eigenvalue weighted by Crippen LogP contribution is -2.68. The minimum Gasteiger partial charge on any atom is -0.481 e. The lowest BCUT2D eigenvalue weighted by Gasteiger charge is -2.70. The molecule has 0 aromatic heterocycles. The second-order valence-corrected chi connectivity index (χ2v) is 10.6. The van der Waals surface area contributed by atoms with Gasteiger partial charge in [0.2, 0.25) is 0 Å². The highest BCUT2D eigenvalue weighted by atomic mass is 16.5. The van der Waals surface area contributed by atoms with Gasteiger partial charge in [0.05, 0.1) is 24.7 Å². The summed E-state index contributed by atoms with van der Waals surface area (Å²) in [6, 6.07) is 0. The van der Waals surface area contributed by atoms with Crippen LogP contribution in [0.15, 0.2) is 11.6 Å². The molecule has 2 heterocycles. The van der Waals surface area contributed by atoms with Gasteiger partial charge in [0, 0.05) is 11.8 Å². The van der Waals surface area contributed by atoms with Crippen LogP contribution in [0.3, 0.4) is 0 Å². The summed E-state index contributed by atoms with van der Waals surface area (Å²) < 4.78 is 6.39. The van der Waals surface area contributed by atoms with E-state index in [1.807, 2.05) is 0 Å². The molecule has 3 aliphatic carbocycles. The maximum atomic E-state index is 11.4. The molecule has 0 radical (unpaired) electrons. The molecule has 2 N–H and O–H groups in total. The fraction of sp³-hybridized carbons (Fsp3) is 0.864. The zero-order valence-electron chi connectivity index (χ0n) is 16.8. The number of hydrogen-bond donors (Lipinski definition) is 2. The Hall–Kier alpha value is -0.870. The van der Waals surface area contributed by atoms with Crippen molar-refractivity contribution in [2.75, 3.05) is 0 Å². The summed E-state index contributed by atoms with van der Waals surface area (Å²) in [6.07, 6.45) is 6.05. The number of carboxylic acids is 1. The first-order chi connectivity index (χ1) is 12.0. The molecule has 26 heavy (non-hydrogen) atoms. The zero-order chi connectivity index (χ0) is 19.1. The van der Waals surface area contributed by atoms with Crippen molar-refractivity contribution in [1.82, 2.24) is 0 Å². The molecule has 5 rings (SSSR count). The molecule has 2 aliphatic heterocycles. The van der Waals surface area contributed by atoms with Gasteiger partial charge in [-0.15, -0.1) is 0 Å². The van der Waals surface area contributed by atoms with Crippen molar-refractivity contribution < 1.29 is 19.7 Å². The van der Waals surface area contributed by atoms with E-state index in [4.69, 9.17) is 4.74 Å². The Labute approximate surface area is 157 Å². The molecule has 0 aromatic carbocycles. The summed E-state index contributed by atoms with van der Waals surface area (Å²) in [5.74, 6) is 0.310. The molecule has 4 heteroatoms. The molecule has 4 nitrogen and oxygen atoms in total. The van der Waals surface area contributed by atoms with E-state index in [0.29, 0.717) is 11.8 Å². The molecular weight excluding hydrogens is 328 g/mol. The summed E-state index contributed by atoms with van der Waals surface area (Å²) in [6.45, 7) is 11.5. The lowest BCUT2D eigenvalue weighted by molar-refractivity contribution is -0.260. The van der Waals surface area contributed by atoms with Crippen LogP contribution in [0.2, 0.25) is 0 Å². The average molecular weight is 363 g/mol. The van der Waals surface area contributed by atoms with E-state index in [0.717, 1.165) is 25.7 Å².